The average molecular weight is 480 g/mol. The molecule has 2 atom stereocenters. The van der Waals surface area contributed by atoms with Gasteiger partial charge in [-0.25, -0.2) is 8.42 Å². The Hall–Kier alpha value is -2.67. The van der Waals surface area contributed by atoms with Crippen LogP contribution in [-0.2, 0) is 29.2 Å². The Bertz CT molecular complexity index is 1170. The Morgan fingerprint density at radius 2 is 1.71 bits per heavy atom. The van der Waals surface area contributed by atoms with Crippen molar-refractivity contribution in [2.75, 3.05) is 19.4 Å². The van der Waals surface area contributed by atoms with Gasteiger partial charge in [-0.05, 0) is 66.6 Å². The summed E-state index contributed by atoms with van der Waals surface area (Å²) in [5.41, 5.74) is 3.76. The molecule has 0 aliphatic heterocycles. The van der Waals surface area contributed by atoms with Crippen molar-refractivity contribution in [2.45, 2.75) is 49.3 Å². The minimum absolute atomic E-state index is 0.197. The fraction of sp³-hybridized carbons (Fsp3) is 0.357. The number of nitrogens with zero attached hydrogens (tertiary/aromatic N) is 1. The molecule has 3 aromatic rings. The van der Waals surface area contributed by atoms with E-state index in [1.165, 1.54) is 11.1 Å². The van der Waals surface area contributed by atoms with Crippen molar-refractivity contribution in [1.82, 2.24) is 4.90 Å². The molecule has 0 bridgehead atoms. The Morgan fingerprint density at radius 3 is 2.41 bits per heavy atom. The molecule has 1 N–H and O–H groups in total. The zero-order valence-corrected chi connectivity index (χ0v) is 20.5. The van der Waals surface area contributed by atoms with Crippen LogP contribution >= 0.6 is 0 Å². The number of aliphatic hydroxyl groups excluding tert-OH is 1. The predicted octanol–water partition coefficient (Wildman–Crippen LogP) is 4.28. The van der Waals surface area contributed by atoms with E-state index < -0.39 is 15.9 Å². The molecule has 2 unspecified atom stereocenters. The lowest BCUT2D eigenvalue weighted by Crippen LogP contribution is -2.43. The minimum Gasteiger partial charge on any atom is -0.497 e. The van der Waals surface area contributed by atoms with E-state index in [9.17, 15) is 13.5 Å². The van der Waals surface area contributed by atoms with Gasteiger partial charge in [-0.1, -0.05) is 54.6 Å². The molecule has 0 spiro atoms. The largest absolute Gasteiger partial charge is 0.497 e. The van der Waals surface area contributed by atoms with Crippen LogP contribution in [0.1, 0.15) is 29.5 Å². The van der Waals surface area contributed by atoms with Crippen LogP contribution in [0.4, 0.5) is 0 Å². The summed E-state index contributed by atoms with van der Waals surface area (Å²) in [7, 11) is -1.89. The molecule has 1 aliphatic carbocycles. The van der Waals surface area contributed by atoms with Crippen LogP contribution in [0.25, 0.3) is 0 Å². The van der Waals surface area contributed by atoms with Gasteiger partial charge in [0, 0.05) is 19.1 Å². The second-order valence-electron chi connectivity index (χ2n) is 9.05. The van der Waals surface area contributed by atoms with Crippen LogP contribution in [-0.4, -0.2) is 50.0 Å². The molecule has 3 aromatic carbocycles. The normalized spacial score (nSPS) is 17.1. The van der Waals surface area contributed by atoms with E-state index in [0.717, 1.165) is 37.0 Å². The molecule has 0 radical (unpaired) electrons. The summed E-state index contributed by atoms with van der Waals surface area (Å²) in [6.07, 6.45) is 2.91. The van der Waals surface area contributed by atoms with Gasteiger partial charge in [0.05, 0.1) is 23.9 Å². The average Bonchev–Trinajstić information content (AvgIpc) is 3.06. The van der Waals surface area contributed by atoms with Crippen LogP contribution in [0.5, 0.6) is 5.75 Å². The molecule has 0 heterocycles. The number of hydrogen-bond donors (Lipinski definition) is 1. The highest BCUT2D eigenvalue weighted by Crippen LogP contribution is 2.28. The summed E-state index contributed by atoms with van der Waals surface area (Å²) < 4.78 is 31.2. The molecule has 1 aliphatic rings. The van der Waals surface area contributed by atoms with Crippen LogP contribution in [0.15, 0.2) is 83.8 Å². The van der Waals surface area contributed by atoms with Gasteiger partial charge < -0.3 is 9.84 Å². The zero-order chi connectivity index (χ0) is 24.0. The standard InChI is InChI=1S/C28H33NO4S/c1-33-27-16-15-23-11-8-12-25(17-24(23)18-27)29(19-22-9-4-2-5-10-22)20-26(30)21-34(31,32)28-13-6-3-7-14-28/h2-7,9-10,13-16,18,25-26,30H,8,11-12,17,19-21H2,1H3. The first-order valence-electron chi connectivity index (χ1n) is 11.8. The molecule has 5 nitrogen and oxygen atoms in total. The molecule has 0 saturated heterocycles. The highest BCUT2D eigenvalue weighted by atomic mass is 32.2. The molecule has 0 fully saturated rings. The number of sulfone groups is 1. The summed E-state index contributed by atoms with van der Waals surface area (Å²) in [5.74, 6) is 0.558. The number of fused-ring (bicyclic) bond motifs is 1. The smallest absolute Gasteiger partial charge is 0.180 e. The second-order valence-corrected chi connectivity index (χ2v) is 11.1. The van der Waals surface area contributed by atoms with Gasteiger partial charge >= 0.3 is 0 Å². The Balaban J connectivity index is 1.55. The molecule has 180 valence electrons. The lowest BCUT2D eigenvalue weighted by atomic mass is 10.00. The van der Waals surface area contributed by atoms with E-state index in [1.807, 2.05) is 24.3 Å². The third-order valence-electron chi connectivity index (χ3n) is 6.56. The molecule has 0 amide bonds. The molecule has 0 aromatic heterocycles. The number of aryl methyl sites for hydroxylation is 1. The summed E-state index contributed by atoms with van der Waals surface area (Å²) >= 11 is 0. The van der Waals surface area contributed by atoms with E-state index in [4.69, 9.17) is 4.74 Å². The van der Waals surface area contributed by atoms with Crippen molar-refractivity contribution in [3.8, 4) is 5.75 Å². The number of methoxy groups -OCH3 is 1. The first-order valence-corrected chi connectivity index (χ1v) is 13.5. The first-order chi connectivity index (χ1) is 16.4. The summed E-state index contributed by atoms with van der Waals surface area (Å²) in [6.45, 7) is 0.957. The van der Waals surface area contributed by atoms with Gasteiger partial charge in [0.25, 0.3) is 0 Å². The summed E-state index contributed by atoms with van der Waals surface area (Å²) in [4.78, 5) is 2.51. The van der Waals surface area contributed by atoms with Gasteiger partial charge in [0.15, 0.2) is 9.84 Å². The molecule has 6 heteroatoms. The van der Waals surface area contributed by atoms with Crippen molar-refractivity contribution in [1.29, 1.82) is 0 Å². The highest BCUT2D eigenvalue weighted by Gasteiger charge is 2.27. The Morgan fingerprint density at radius 1 is 1.00 bits per heavy atom. The fourth-order valence-corrected chi connectivity index (χ4v) is 6.20. The minimum atomic E-state index is -3.57. The maximum absolute atomic E-state index is 12.9. The van der Waals surface area contributed by atoms with Crippen molar-refractivity contribution in [2.24, 2.45) is 0 Å². The van der Waals surface area contributed by atoms with Crippen LogP contribution < -0.4 is 4.74 Å². The van der Waals surface area contributed by atoms with E-state index in [2.05, 4.69) is 29.2 Å². The number of rotatable bonds is 9. The molecule has 0 saturated carbocycles. The third kappa shape index (κ3) is 6.26. The van der Waals surface area contributed by atoms with Crippen LogP contribution in [0.3, 0.4) is 0 Å². The first kappa shape index (κ1) is 24.5. The third-order valence-corrected chi connectivity index (χ3v) is 8.37. The molecule has 34 heavy (non-hydrogen) atoms. The van der Waals surface area contributed by atoms with Crippen molar-refractivity contribution >= 4 is 9.84 Å². The molecular weight excluding hydrogens is 446 g/mol. The lowest BCUT2D eigenvalue weighted by Gasteiger charge is -2.33. The van der Waals surface area contributed by atoms with Gasteiger partial charge in [-0.2, -0.15) is 0 Å². The van der Waals surface area contributed by atoms with Gasteiger partial charge in [0.2, 0.25) is 0 Å². The fourth-order valence-electron chi connectivity index (χ4n) is 4.82. The SMILES string of the molecule is COc1ccc2c(c1)CC(N(Cc1ccccc1)CC(O)CS(=O)(=O)c1ccccc1)CCC2. The maximum atomic E-state index is 12.9. The monoisotopic (exact) mass is 479 g/mol. The zero-order valence-electron chi connectivity index (χ0n) is 19.6. The van der Waals surface area contributed by atoms with E-state index in [1.54, 1.807) is 37.4 Å². The van der Waals surface area contributed by atoms with Crippen molar-refractivity contribution in [3.63, 3.8) is 0 Å². The number of ether oxygens (including phenoxy) is 1. The number of aliphatic hydroxyl groups is 1. The Labute approximate surface area is 202 Å². The highest BCUT2D eigenvalue weighted by molar-refractivity contribution is 7.91. The van der Waals surface area contributed by atoms with Gasteiger partial charge in [-0.15, -0.1) is 0 Å². The van der Waals surface area contributed by atoms with E-state index >= 15 is 0 Å². The second kappa shape index (κ2) is 11.2. The predicted molar refractivity (Wildman–Crippen MR) is 135 cm³/mol. The number of benzene rings is 3. The molecule has 4 rings (SSSR count). The lowest BCUT2D eigenvalue weighted by molar-refractivity contribution is 0.0900. The van der Waals surface area contributed by atoms with E-state index in [0.29, 0.717) is 13.1 Å². The quantitative estimate of drug-likeness (QED) is 0.464. The molecular formula is C28H33NO4S. The maximum Gasteiger partial charge on any atom is 0.180 e. The topological polar surface area (TPSA) is 66.8 Å². The van der Waals surface area contributed by atoms with Gasteiger partial charge in [-0.3, -0.25) is 4.90 Å². The number of hydrogen-bond acceptors (Lipinski definition) is 5. The Kier molecular flexibility index (Phi) is 8.03. The van der Waals surface area contributed by atoms with Crippen molar-refractivity contribution < 1.29 is 18.3 Å². The van der Waals surface area contributed by atoms with Crippen LogP contribution in [0.2, 0.25) is 0 Å². The summed E-state index contributed by atoms with van der Waals surface area (Å²) in [5, 5.41) is 10.9. The van der Waals surface area contributed by atoms with E-state index in [-0.39, 0.29) is 16.7 Å². The summed E-state index contributed by atoms with van der Waals surface area (Å²) in [6, 6.07) is 25.0. The van der Waals surface area contributed by atoms with Gasteiger partial charge in [0.1, 0.15) is 5.75 Å². The van der Waals surface area contributed by atoms with Crippen LogP contribution in [0, 0.1) is 0 Å². The van der Waals surface area contributed by atoms with Crippen molar-refractivity contribution in [3.05, 3.63) is 95.6 Å².